The summed E-state index contributed by atoms with van der Waals surface area (Å²) in [4.78, 5) is 0. The summed E-state index contributed by atoms with van der Waals surface area (Å²) in [6.45, 7) is 1.31. The van der Waals surface area contributed by atoms with Crippen LogP contribution in [-0.4, -0.2) is 12.6 Å². The molecule has 0 amide bonds. The van der Waals surface area contributed by atoms with Crippen LogP contribution in [0.2, 0.25) is 0 Å². The maximum atomic E-state index is 3.64. The van der Waals surface area contributed by atoms with Crippen molar-refractivity contribution in [3.05, 3.63) is 0 Å². The second kappa shape index (κ2) is 1.76. The maximum Gasteiger partial charge on any atom is 0.0101 e. The van der Waals surface area contributed by atoms with Crippen LogP contribution in [0.4, 0.5) is 0 Å². The van der Waals surface area contributed by atoms with Crippen molar-refractivity contribution in [2.75, 3.05) is 6.54 Å². The Morgan fingerprint density at radius 1 is 1.00 bits per heavy atom. The zero-order chi connectivity index (χ0) is 6.55. The number of hydrogen-bond donors (Lipinski definition) is 1. The average molecular weight is 137 g/mol. The fourth-order valence-electron chi connectivity index (χ4n) is 3.37. The molecule has 0 aromatic rings. The van der Waals surface area contributed by atoms with Gasteiger partial charge < -0.3 is 5.32 Å². The molecule has 1 heteroatoms. The van der Waals surface area contributed by atoms with Gasteiger partial charge in [-0.15, -0.1) is 0 Å². The lowest BCUT2D eigenvalue weighted by Crippen LogP contribution is -2.46. The molecule has 1 nitrogen and oxygen atoms in total. The topological polar surface area (TPSA) is 12.0 Å². The molecular formula is C9H15N. The number of fused-ring (bicyclic) bond motifs is 2. The van der Waals surface area contributed by atoms with E-state index in [-0.39, 0.29) is 0 Å². The normalized spacial score (nSPS) is 57.6. The van der Waals surface area contributed by atoms with Gasteiger partial charge in [0.2, 0.25) is 0 Å². The largest absolute Gasteiger partial charge is 0.314 e. The predicted octanol–water partition coefficient (Wildman–Crippen LogP) is 1.39. The molecule has 2 saturated carbocycles. The fourth-order valence-corrected chi connectivity index (χ4v) is 3.37. The van der Waals surface area contributed by atoms with E-state index in [4.69, 9.17) is 0 Å². The molecule has 4 unspecified atom stereocenters. The van der Waals surface area contributed by atoms with Crippen molar-refractivity contribution in [2.45, 2.75) is 31.7 Å². The lowest BCUT2D eigenvalue weighted by molar-refractivity contribution is 0.133. The van der Waals surface area contributed by atoms with Crippen LogP contribution in [0.3, 0.4) is 0 Å². The highest BCUT2D eigenvalue weighted by Gasteiger charge is 2.50. The molecule has 0 aromatic heterocycles. The molecule has 1 N–H and O–H groups in total. The molecule has 2 saturated heterocycles. The van der Waals surface area contributed by atoms with Gasteiger partial charge in [0.25, 0.3) is 0 Å². The first kappa shape index (κ1) is 5.59. The van der Waals surface area contributed by atoms with E-state index in [1.54, 1.807) is 6.42 Å². The van der Waals surface area contributed by atoms with Gasteiger partial charge in [0.05, 0.1) is 0 Å². The molecule has 0 aromatic carbocycles. The van der Waals surface area contributed by atoms with Gasteiger partial charge in [-0.25, -0.2) is 0 Å². The van der Waals surface area contributed by atoms with Gasteiger partial charge in [0.15, 0.2) is 0 Å². The number of nitrogens with one attached hydrogen (secondary N) is 1. The quantitative estimate of drug-likeness (QED) is 0.532. The Morgan fingerprint density at radius 3 is 3.00 bits per heavy atom. The van der Waals surface area contributed by atoms with E-state index in [1.165, 1.54) is 25.8 Å². The molecular weight excluding hydrogens is 122 g/mol. The van der Waals surface area contributed by atoms with Crippen molar-refractivity contribution in [1.29, 1.82) is 0 Å². The van der Waals surface area contributed by atoms with Crippen LogP contribution in [0.5, 0.6) is 0 Å². The molecule has 4 rings (SSSR count). The van der Waals surface area contributed by atoms with Gasteiger partial charge >= 0.3 is 0 Å². The molecule has 0 radical (unpaired) electrons. The van der Waals surface area contributed by atoms with E-state index in [1.807, 2.05) is 0 Å². The molecule has 56 valence electrons. The highest BCUT2D eigenvalue weighted by Crippen LogP contribution is 2.53. The standard InChI is InChI=1S/C9H15N/c1-2-7-8-5-9(7)10-4-3-6(1)8/h6-10H,1-5H2. The first-order chi connectivity index (χ1) is 4.95. The second-order valence-corrected chi connectivity index (χ2v) is 4.25. The second-order valence-electron chi connectivity index (χ2n) is 4.25. The Balaban J connectivity index is 1.91. The summed E-state index contributed by atoms with van der Waals surface area (Å²) in [6.07, 6.45) is 6.06. The summed E-state index contributed by atoms with van der Waals surface area (Å²) in [6, 6.07) is 0.942. The van der Waals surface area contributed by atoms with Crippen LogP contribution in [0.25, 0.3) is 0 Å². The summed E-state index contributed by atoms with van der Waals surface area (Å²) in [5, 5.41) is 3.64. The van der Waals surface area contributed by atoms with Gasteiger partial charge in [0.1, 0.15) is 0 Å². The van der Waals surface area contributed by atoms with E-state index in [9.17, 15) is 0 Å². The third kappa shape index (κ3) is 0.531. The number of hydrogen-bond acceptors (Lipinski definition) is 1. The van der Waals surface area contributed by atoms with Crippen LogP contribution in [-0.2, 0) is 0 Å². The van der Waals surface area contributed by atoms with Crippen molar-refractivity contribution in [3.8, 4) is 0 Å². The smallest absolute Gasteiger partial charge is 0.0101 e. The zero-order valence-electron chi connectivity index (χ0n) is 6.34. The lowest BCUT2D eigenvalue weighted by atomic mass is 9.69. The van der Waals surface area contributed by atoms with Crippen molar-refractivity contribution >= 4 is 0 Å². The summed E-state index contributed by atoms with van der Waals surface area (Å²) in [5.41, 5.74) is 0. The van der Waals surface area contributed by atoms with E-state index in [0.29, 0.717) is 0 Å². The van der Waals surface area contributed by atoms with Crippen molar-refractivity contribution < 1.29 is 0 Å². The van der Waals surface area contributed by atoms with E-state index >= 15 is 0 Å². The van der Waals surface area contributed by atoms with Crippen molar-refractivity contribution in [3.63, 3.8) is 0 Å². The monoisotopic (exact) mass is 137 g/mol. The molecule has 0 spiro atoms. The minimum Gasteiger partial charge on any atom is -0.314 e. The van der Waals surface area contributed by atoms with Crippen LogP contribution < -0.4 is 5.32 Å². The lowest BCUT2D eigenvalue weighted by Gasteiger charge is -2.40. The summed E-state index contributed by atoms with van der Waals surface area (Å²) >= 11 is 0. The maximum absolute atomic E-state index is 3.64. The molecule has 2 aliphatic heterocycles. The van der Waals surface area contributed by atoms with Crippen LogP contribution in [0, 0.1) is 17.8 Å². The first-order valence-electron chi connectivity index (χ1n) is 4.68. The SMILES string of the molecule is C1CC2CCC3C(CC23)N1. The fraction of sp³-hybridized carbons (Fsp3) is 1.00. The Morgan fingerprint density at radius 2 is 2.00 bits per heavy atom. The highest BCUT2D eigenvalue weighted by molar-refractivity contribution is 5.03. The molecule has 4 fully saturated rings. The summed E-state index contributed by atoms with van der Waals surface area (Å²) in [7, 11) is 0. The molecule has 2 heterocycles. The summed E-state index contributed by atoms with van der Waals surface area (Å²) in [5.74, 6) is 3.38. The highest BCUT2D eigenvalue weighted by atomic mass is 15.0. The van der Waals surface area contributed by atoms with Crippen LogP contribution in [0.1, 0.15) is 25.7 Å². The third-order valence-corrected chi connectivity index (χ3v) is 3.99. The van der Waals surface area contributed by atoms with Gasteiger partial charge in [0, 0.05) is 6.04 Å². The minimum atomic E-state index is 0.942. The minimum absolute atomic E-state index is 0.942. The molecule has 10 heavy (non-hydrogen) atoms. The Hall–Kier alpha value is -0.0400. The van der Waals surface area contributed by atoms with Crippen molar-refractivity contribution in [2.24, 2.45) is 17.8 Å². The molecule has 4 atom stereocenters. The third-order valence-electron chi connectivity index (χ3n) is 3.99. The molecule has 4 bridgehead atoms. The van der Waals surface area contributed by atoms with E-state index in [0.717, 1.165) is 23.8 Å². The first-order valence-corrected chi connectivity index (χ1v) is 4.68. The van der Waals surface area contributed by atoms with Crippen molar-refractivity contribution in [1.82, 2.24) is 5.32 Å². The van der Waals surface area contributed by atoms with Crippen LogP contribution in [0.15, 0.2) is 0 Å². The van der Waals surface area contributed by atoms with Crippen LogP contribution >= 0.6 is 0 Å². The van der Waals surface area contributed by atoms with Gasteiger partial charge in [-0.2, -0.15) is 0 Å². The summed E-state index contributed by atoms with van der Waals surface area (Å²) < 4.78 is 0. The Kier molecular flexibility index (Phi) is 0.984. The predicted molar refractivity (Wildman–Crippen MR) is 40.7 cm³/mol. The average Bonchev–Trinajstić information content (AvgIpc) is 2.14. The molecule has 4 aliphatic rings. The van der Waals surface area contributed by atoms with E-state index < -0.39 is 0 Å². The van der Waals surface area contributed by atoms with E-state index in [2.05, 4.69) is 5.32 Å². The Bertz CT molecular complexity index is 146. The molecule has 2 aliphatic carbocycles. The number of rotatable bonds is 0. The zero-order valence-corrected chi connectivity index (χ0v) is 6.34. The van der Waals surface area contributed by atoms with Gasteiger partial charge in [-0.3, -0.25) is 0 Å². The Labute approximate surface area is 62.2 Å². The van der Waals surface area contributed by atoms with Gasteiger partial charge in [-0.1, -0.05) is 0 Å². The van der Waals surface area contributed by atoms with Gasteiger partial charge in [-0.05, 0) is 50.0 Å².